The van der Waals surface area contributed by atoms with Crippen molar-refractivity contribution in [2.45, 2.75) is 0 Å². The van der Waals surface area contributed by atoms with Gasteiger partial charge in [-0.25, -0.2) is 9.37 Å². The molecule has 0 amide bonds. The molecule has 1 aliphatic carbocycles. The lowest BCUT2D eigenvalue weighted by molar-refractivity contribution is 0.104. The summed E-state index contributed by atoms with van der Waals surface area (Å²) in [5.74, 6) is 0.589. The lowest BCUT2D eigenvalue weighted by Gasteiger charge is -2.37. The quantitative estimate of drug-likeness (QED) is 0.357. The van der Waals surface area contributed by atoms with Crippen molar-refractivity contribution in [1.82, 2.24) is 4.98 Å². The molecular weight excluding hydrogens is 425 g/mol. The molecule has 1 saturated heterocycles. The van der Waals surface area contributed by atoms with Gasteiger partial charge >= 0.3 is 0 Å². The molecule has 2 heterocycles. The molecule has 158 valence electrons. The van der Waals surface area contributed by atoms with Gasteiger partial charge in [0.1, 0.15) is 11.6 Å². The summed E-state index contributed by atoms with van der Waals surface area (Å²) < 4.78 is 14.3. The maximum Gasteiger partial charge on any atom is 0.195 e. The topological polar surface area (TPSA) is 36.4 Å². The number of piperazine rings is 1. The SMILES string of the molecule is O=C1c2cc(Cl)ccc2-c2c(N3CCN(c4ccccc4F)CC3)nc3ccccc3c21. The van der Waals surface area contributed by atoms with Gasteiger partial charge in [0, 0.05) is 53.3 Å². The molecule has 1 aromatic heterocycles. The van der Waals surface area contributed by atoms with E-state index >= 15 is 0 Å². The fourth-order valence-electron chi connectivity index (χ4n) is 4.84. The van der Waals surface area contributed by atoms with Crippen LogP contribution in [0.25, 0.3) is 22.0 Å². The zero-order chi connectivity index (χ0) is 21.8. The summed E-state index contributed by atoms with van der Waals surface area (Å²) in [6.45, 7) is 2.71. The van der Waals surface area contributed by atoms with Crippen molar-refractivity contribution in [3.63, 3.8) is 0 Å². The molecule has 32 heavy (non-hydrogen) atoms. The van der Waals surface area contributed by atoms with Gasteiger partial charge in [-0.05, 0) is 35.9 Å². The van der Waals surface area contributed by atoms with E-state index in [4.69, 9.17) is 16.6 Å². The Balaban J connectivity index is 1.45. The molecule has 0 radical (unpaired) electrons. The predicted octanol–water partition coefficient (Wildman–Crippen LogP) is 5.57. The maximum atomic E-state index is 14.3. The van der Waals surface area contributed by atoms with Gasteiger partial charge < -0.3 is 9.80 Å². The summed E-state index contributed by atoms with van der Waals surface area (Å²) in [5, 5.41) is 1.40. The summed E-state index contributed by atoms with van der Waals surface area (Å²) in [6, 6.07) is 20.1. The van der Waals surface area contributed by atoms with Crippen molar-refractivity contribution in [2.75, 3.05) is 36.0 Å². The molecule has 2 aliphatic rings. The first-order valence-electron chi connectivity index (χ1n) is 10.6. The van der Waals surface area contributed by atoms with E-state index in [0.29, 0.717) is 48.0 Å². The van der Waals surface area contributed by atoms with Crippen LogP contribution in [0.3, 0.4) is 0 Å². The average Bonchev–Trinajstić information content (AvgIpc) is 3.11. The Labute approximate surface area is 189 Å². The summed E-state index contributed by atoms with van der Waals surface area (Å²) in [7, 11) is 0. The van der Waals surface area contributed by atoms with Crippen molar-refractivity contribution in [3.05, 3.63) is 88.7 Å². The first-order valence-corrected chi connectivity index (χ1v) is 11.0. The monoisotopic (exact) mass is 443 g/mol. The molecule has 0 spiro atoms. The molecule has 0 N–H and O–H groups in total. The highest BCUT2D eigenvalue weighted by molar-refractivity contribution is 6.33. The predicted molar refractivity (Wildman–Crippen MR) is 126 cm³/mol. The van der Waals surface area contributed by atoms with E-state index < -0.39 is 0 Å². The van der Waals surface area contributed by atoms with Crippen molar-refractivity contribution < 1.29 is 9.18 Å². The van der Waals surface area contributed by atoms with E-state index in [9.17, 15) is 9.18 Å². The van der Waals surface area contributed by atoms with Crippen LogP contribution in [0.4, 0.5) is 15.9 Å². The molecule has 4 nitrogen and oxygen atoms in total. The zero-order valence-corrected chi connectivity index (χ0v) is 17.9. The second-order valence-electron chi connectivity index (χ2n) is 8.15. The first-order chi connectivity index (χ1) is 15.6. The summed E-state index contributed by atoms with van der Waals surface area (Å²) in [4.78, 5) is 22.7. The minimum atomic E-state index is -0.206. The number of carbonyl (C=O) groups is 1. The Hall–Kier alpha value is -3.44. The third-order valence-electron chi connectivity index (χ3n) is 6.37. The highest BCUT2D eigenvalue weighted by Crippen LogP contribution is 2.45. The van der Waals surface area contributed by atoms with E-state index in [0.717, 1.165) is 27.8 Å². The van der Waals surface area contributed by atoms with Crippen LogP contribution in [-0.2, 0) is 0 Å². The third kappa shape index (κ3) is 2.88. The number of benzene rings is 3. The number of anilines is 2. The first kappa shape index (κ1) is 19.3. The molecule has 0 bridgehead atoms. The number of fused-ring (bicyclic) bond motifs is 5. The summed E-state index contributed by atoms with van der Waals surface area (Å²) in [6.07, 6.45) is 0. The van der Waals surface area contributed by atoms with E-state index in [2.05, 4.69) is 9.80 Å². The number of halogens is 2. The number of ketones is 1. The van der Waals surface area contributed by atoms with Gasteiger partial charge in [0.15, 0.2) is 5.78 Å². The molecular formula is C26H19ClFN3O. The minimum absolute atomic E-state index is 0.0117. The fourth-order valence-corrected chi connectivity index (χ4v) is 5.02. The van der Waals surface area contributed by atoms with Crippen LogP contribution in [-0.4, -0.2) is 36.9 Å². The highest BCUT2D eigenvalue weighted by Gasteiger charge is 2.34. The number of aromatic nitrogens is 1. The van der Waals surface area contributed by atoms with Crippen LogP contribution < -0.4 is 9.80 Å². The average molecular weight is 444 g/mol. The molecule has 6 rings (SSSR count). The van der Waals surface area contributed by atoms with E-state index in [1.54, 1.807) is 12.1 Å². The molecule has 1 fully saturated rings. The van der Waals surface area contributed by atoms with Crippen LogP contribution in [0.1, 0.15) is 15.9 Å². The van der Waals surface area contributed by atoms with Gasteiger partial charge in [0.2, 0.25) is 0 Å². The number of hydrogen-bond acceptors (Lipinski definition) is 4. The Bertz CT molecular complexity index is 1400. The van der Waals surface area contributed by atoms with Crippen molar-refractivity contribution in [3.8, 4) is 11.1 Å². The van der Waals surface area contributed by atoms with E-state index in [-0.39, 0.29) is 11.6 Å². The second-order valence-corrected chi connectivity index (χ2v) is 8.58. The second kappa shape index (κ2) is 7.31. The number of carbonyl (C=O) groups excluding carboxylic acids is 1. The maximum absolute atomic E-state index is 14.3. The highest BCUT2D eigenvalue weighted by atomic mass is 35.5. The molecule has 4 aromatic rings. The van der Waals surface area contributed by atoms with Crippen LogP contribution >= 0.6 is 11.6 Å². The van der Waals surface area contributed by atoms with Crippen molar-refractivity contribution >= 4 is 39.8 Å². The Morgan fingerprint density at radius 1 is 0.812 bits per heavy atom. The smallest absolute Gasteiger partial charge is 0.195 e. The van der Waals surface area contributed by atoms with Crippen molar-refractivity contribution in [1.29, 1.82) is 0 Å². The van der Waals surface area contributed by atoms with Gasteiger partial charge in [-0.3, -0.25) is 4.79 Å². The number of rotatable bonds is 2. The third-order valence-corrected chi connectivity index (χ3v) is 6.60. The number of hydrogen-bond donors (Lipinski definition) is 0. The lowest BCUT2D eigenvalue weighted by atomic mass is 10.0. The van der Waals surface area contributed by atoms with Gasteiger partial charge in [0.05, 0.1) is 11.2 Å². The standard InChI is InChI=1S/C26H19ClFN3O/c27-16-9-10-17-19(15-16)25(32)23-18-5-1-3-7-21(18)29-26(24(17)23)31-13-11-30(12-14-31)22-8-4-2-6-20(22)28/h1-10,15H,11-14H2. The molecule has 0 saturated carbocycles. The van der Waals surface area contributed by atoms with Gasteiger partial charge in [-0.1, -0.05) is 48.0 Å². The van der Waals surface area contributed by atoms with Gasteiger partial charge in [-0.15, -0.1) is 0 Å². The Morgan fingerprint density at radius 2 is 1.53 bits per heavy atom. The van der Waals surface area contributed by atoms with Crippen LogP contribution in [0, 0.1) is 5.82 Å². The van der Waals surface area contributed by atoms with Crippen LogP contribution in [0.15, 0.2) is 66.7 Å². The number of nitrogens with zero attached hydrogens (tertiary/aromatic N) is 3. The minimum Gasteiger partial charge on any atom is -0.366 e. The zero-order valence-electron chi connectivity index (χ0n) is 17.2. The molecule has 0 atom stereocenters. The van der Waals surface area contributed by atoms with E-state index in [1.165, 1.54) is 6.07 Å². The van der Waals surface area contributed by atoms with Gasteiger partial charge in [-0.2, -0.15) is 0 Å². The number of para-hydroxylation sites is 2. The van der Waals surface area contributed by atoms with Crippen molar-refractivity contribution in [2.24, 2.45) is 0 Å². The van der Waals surface area contributed by atoms with Gasteiger partial charge in [0.25, 0.3) is 0 Å². The molecule has 3 aromatic carbocycles. The largest absolute Gasteiger partial charge is 0.366 e. The molecule has 0 unspecified atom stereocenters. The molecule has 1 aliphatic heterocycles. The van der Waals surface area contributed by atoms with E-state index in [1.807, 2.05) is 48.5 Å². The molecule has 6 heteroatoms. The van der Waals surface area contributed by atoms with Crippen LogP contribution in [0.5, 0.6) is 0 Å². The van der Waals surface area contributed by atoms with Crippen LogP contribution in [0.2, 0.25) is 5.02 Å². The summed E-state index contributed by atoms with van der Waals surface area (Å²) in [5.41, 5.74) is 4.49. The lowest BCUT2D eigenvalue weighted by Crippen LogP contribution is -2.47. The fraction of sp³-hybridized carbons (Fsp3) is 0.154. The Kier molecular flexibility index (Phi) is 4.40. The summed E-state index contributed by atoms with van der Waals surface area (Å²) >= 11 is 6.21. The number of pyridine rings is 1. The normalized spacial score (nSPS) is 15.2. The Morgan fingerprint density at radius 3 is 2.34 bits per heavy atom.